The molecule has 1 aliphatic heterocycles. The highest BCUT2D eigenvalue weighted by Gasteiger charge is 2.56. The van der Waals surface area contributed by atoms with Gasteiger partial charge in [-0.2, -0.15) is 0 Å². The number of amides is 2. The molecule has 0 radical (unpaired) electrons. The van der Waals surface area contributed by atoms with Gasteiger partial charge in [-0.05, 0) is 62.8 Å². The summed E-state index contributed by atoms with van der Waals surface area (Å²) in [7, 11) is 4.74. The Hall–Kier alpha value is -3.46. The number of likely N-dealkylation sites (N-methyl/N-ethyl adjacent to an activating group) is 2. The summed E-state index contributed by atoms with van der Waals surface area (Å²) in [4.78, 5) is 44.7. The molecule has 9 nitrogen and oxygen atoms in total. The summed E-state index contributed by atoms with van der Waals surface area (Å²) in [5.74, 6) is 0.184. The second-order valence-electron chi connectivity index (χ2n) is 9.61. The van der Waals surface area contributed by atoms with Gasteiger partial charge in [0, 0.05) is 26.9 Å². The van der Waals surface area contributed by atoms with Crippen LogP contribution in [0, 0.1) is 0 Å². The average Bonchev–Trinajstić information content (AvgIpc) is 2.91. The first-order valence-electron chi connectivity index (χ1n) is 10.9. The third-order valence-corrected chi connectivity index (χ3v) is 5.83. The van der Waals surface area contributed by atoms with Crippen molar-refractivity contribution in [1.29, 1.82) is 0 Å². The van der Waals surface area contributed by atoms with Crippen LogP contribution in [0.3, 0.4) is 0 Å². The summed E-state index contributed by atoms with van der Waals surface area (Å²) in [5.41, 5.74) is -2.78. The first kappa shape index (κ1) is 25.2. The van der Waals surface area contributed by atoms with Crippen molar-refractivity contribution in [2.45, 2.75) is 50.4 Å². The van der Waals surface area contributed by atoms with Crippen molar-refractivity contribution in [1.82, 2.24) is 9.80 Å². The van der Waals surface area contributed by atoms with Gasteiger partial charge in [0.1, 0.15) is 22.5 Å². The van der Waals surface area contributed by atoms with E-state index < -0.39 is 22.8 Å². The molecular formula is C25H31N3O6. The van der Waals surface area contributed by atoms with E-state index in [2.05, 4.69) is 4.99 Å². The molecular weight excluding hydrogens is 438 g/mol. The number of hydrogen-bond acceptors (Lipinski definition) is 6. The highest BCUT2D eigenvalue weighted by atomic mass is 16.6. The molecule has 0 saturated carbocycles. The molecule has 1 aliphatic carbocycles. The molecule has 1 N–H and O–H groups in total. The van der Waals surface area contributed by atoms with Crippen LogP contribution in [0.5, 0.6) is 5.75 Å². The molecule has 2 aliphatic rings. The largest absolute Gasteiger partial charge is 0.497 e. The Morgan fingerprint density at radius 1 is 1.09 bits per heavy atom. The highest BCUT2D eigenvalue weighted by molar-refractivity contribution is 6.11. The van der Waals surface area contributed by atoms with Gasteiger partial charge in [-0.1, -0.05) is 12.1 Å². The van der Waals surface area contributed by atoms with Gasteiger partial charge in [0.25, 0.3) is 5.91 Å². The number of allylic oxidation sites excluding steroid dienone is 2. The van der Waals surface area contributed by atoms with Crippen molar-refractivity contribution >= 4 is 23.7 Å². The number of carbonyl (C=O) groups is 3. The minimum Gasteiger partial charge on any atom is -0.497 e. The Kier molecular flexibility index (Phi) is 6.71. The Morgan fingerprint density at radius 3 is 2.21 bits per heavy atom. The van der Waals surface area contributed by atoms with Crippen molar-refractivity contribution in [3.63, 3.8) is 0 Å². The molecule has 1 unspecified atom stereocenters. The van der Waals surface area contributed by atoms with Gasteiger partial charge in [-0.15, -0.1) is 4.99 Å². The average molecular weight is 470 g/mol. The highest BCUT2D eigenvalue weighted by Crippen LogP contribution is 2.38. The number of ketones is 1. The molecule has 1 aromatic carbocycles. The Balaban J connectivity index is 2.05. The number of aliphatic hydroxyl groups is 1. The maximum absolute atomic E-state index is 13.7. The third kappa shape index (κ3) is 5.20. The second-order valence-corrected chi connectivity index (χ2v) is 9.61. The number of aliphatic imine (C=N–C) groups is 1. The molecule has 0 spiro atoms. The number of nitrogens with zero attached hydrogens (tertiary/aromatic N) is 3. The molecule has 0 aromatic heterocycles. The van der Waals surface area contributed by atoms with Crippen LogP contribution in [-0.2, 0) is 20.7 Å². The van der Waals surface area contributed by atoms with E-state index in [0.29, 0.717) is 5.75 Å². The van der Waals surface area contributed by atoms with E-state index in [1.165, 1.54) is 36.3 Å². The van der Waals surface area contributed by atoms with Gasteiger partial charge in [0.15, 0.2) is 5.78 Å². The van der Waals surface area contributed by atoms with Crippen molar-refractivity contribution in [3.05, 3.63) is 54.1 Å². The van der Waals surface area contributed by atoms with Gasteiger partial charge >= 0.3 is 6.09 Å². The van der Waals surface area contributed by atoms with Crippen LogP contribution in [0.4, 0.5) is 4.79 Å². The lowest BCUT2D eigenvalue weighted by Crippen LogP contribution is -2.54. The van der Waals surface area contributed by atoms with Crippen LogP contribution in [0.1, 0.15) is 32.8 Å². The zero-order chi connectivity index (χ0) is 25.3. The minimum atomic E-state index is -1.55. The number of hydrogen-bond donors (Lipinski definition) is 1. The Bertz CT molecular complexity index is 1050. The first-order chi connectivity index (χ1) is 15.8. The standard InChI is InChI=1S/C25H31N3O6/c1-23(2,3)34-22(31)26-21-27(4)20(30)25(28(21)5,15-17-7-9-19(33-6)10-8-17)16-24(32)13-11-18(29)12-14-24/h7-14,32H,15-16H2,1-6H3/b26-21+. The zero-order valence-electron chi connectivity index (χ0n) is 20.4. The molecule has 9 heteroatoms. The van der Waals surface area contributed by atoms with Crippen LogP contribution in [0.15, 0.2) is 53.6 Å². The minimum absolute atomic E-state index is 0.0701. The molecule has 1 heterocycles. The molecule has 0 bridgehead atoms. The normalized spacial score (nSPS) is 23.1. The van der Waals surface area contributed by atoms with Gasteiger partial charge in [-0.25, -0.2) is 4.79 Å². The Labute approximate surface area is 199 Å². The molecule has 182 valence electrons. The number of guanidine groups is 1. The van der Waals surface area contributed by atoms with Crippen molar-refractivity contribution in [3.8, 4) is 5.75 Å². The first-order valence-corrected chi connectivity index (χ1v) is 10.9. The lowest BCUT2D eigenvalue weighted by atomic mass is 9.77. The quantitative estimate of drug-likeness (QED) is 0.706. The van der Waals surface area contributed by atoms with Crippen LogP contribution in [0.2, 0.25) is 0 Å². The van der Waals surface area contributed by atoms with E-state index in [1.807, 2.05) is 12.1 Å². The molecule has 1 atom stereocenters. The number of rotatable bonds is 5. The molecule has 2 amide bonds. The lowest BCUT2D eigenvalue weighted by Gasteiger charge is -2.39. The van der Waals surface area contributed by atoms with E-state index in [-0.39, 0.29) is 30.5 Å². The second kappa shape index (κ2) is 9.06. The maximum Gasteiger partial charge on any atom is 0.437 e. The summed E-state index contributed by atoms with van der Waals surface area (Å²) < 4.78 is 10.5. The summed E-state index contributed by atoms with van der Waals surface area (Å²) in [5, 5.41) is 11.2. The van der Waals surface area contributed by atoms with Crippen LogP contribution >= 0.6 is 0 Å². The fourth-order valence-electron chi connectivity index (χ4n) is 4.16. The molecule has 1 saturated heterocycles. The molecule has 1 fully saturated rings. The van der Waals surface area contributed by atoms with E-state index in [0.717, 1.165) is 5.56 Å². The third-order valence-electron chi connectivity index (χ3n) is 5.83. The fraction of sp³-hybridized carbons (Fsp3) is 0.440. The van der Waals surface area contributed by atoms with Gasteiger partial charge in [0.2, 0.25) is 5.96 Å². The topological polar surface area (TPSA) is 109 Å². The van der Waals surface area contributed by atoms with E-state index >= 15 is 0 Å². The molecule has 34 heavy (non-hydrogen) atoms. The van der Waals surface area contributed by atoms with E-state index in [4.69, 9.17) is 9.47 Å². The van der Waals surface area contributed by atoms with Gasteiger partial charge in [0.05, 0.1) is 7.11 Å². The lowest BCUT2D eigenvalue weighted by molar-refractivity contribution is -0.134. The number of benzene rings is 1. The van der Waals surface area contributed by atoms with Crippen molar-refractivity contribution in [2.75, 3.05) is 21.2 Å². The van der Waals surface area contributed by atoms with E-state index in [1.54, 1.807) is 52.0 Å². The number of carbonyl (C=O) groups excluding carboxylic acids is 3. The monoisotopic (exact) mass is 469 g/mol. The van der Waals surface area contributed by atoms with E-state index in [9.17, 15) is 19.5 Å². The van der Waals surface area contributed by atoms with Crippen LogP contribution in [-0.4, -0.2) is 76.6 Å². The predicted molar refractivity (Wildman–Crippen MR) is 126 cm³/mol. The SMILES string of the molecule is COc1ccc(CC2(CC3(O)C=CC(=O)C=C3)C(=O)N(C)/C(=N\C(=O)OC(C)(C)C)N2C)cc1. The van der Waals surface area contributed by atoms with Crippen LogP contribution < -0.4 is 4.74 Å². The Morgan fingerprint density at radius 2 is 1.68 bits per heavy atom. The van der Waals surface area contributed by atoms with Gasteiger partial charge in [-0.3, -0.25) is 14.5 Å². The number of methoxy groups -OCH3 is 1. The molecule has 3 rings (SSSR count). The fourth-order valence-corrected chi connectivity index (χ4v) is 4.16. The van der Waals surface area contributed by atoms with Gasteiger partial charge < -0.3 is 19.5 Å². The summed E-state index contributed by atoms with van der Waals surface area (Å²) in [6, 6.07) is 7.25. The smallest absolute Gasteiger partial charge is 0.437 e. The van der Waals surface area contributed by atoms with Crippen molar-refractivity contribution in [2.24, 2.45) is 4.99 Å². The summed E-state index contributed by atoms with van der Waals surface area (Å²) >= 11 is 0. The summed E-state index contributed by atoms with van der Waals surface area (Å²) in [6.07, 6.45) is 4.64. The maximum atomic E-state index is 13.7. The summed E-state index contributed by atoms with van der Waals surface area (Å²) in [6.45, 7) is 5.18. The van der Waals surface area contributed by atoms with Crippen molar-refractivity contribution < 1.29 is 29.0 Å². The number of ether oxygens (including phenoxy) is 2. The zero-order valence-corrected chi connectivity index (χ0v) is 20.4. The molecule has 1 aromatic rings. The van der Waals surface area contributed by atoms with Crippen LogP contribution in [0.25, 0.3) is 0 Å². The predicted octanol–water partition coefficient (Wildman–Crippen LogP) is 2.49.